The van der Waals surface area contributed by atoms with Gasteiger partial charge < -0.3 is 4.74 Å². The van der Waals surface area contributed by atoms with Gasteiger partial charge in [-0.2, -0.15) is 0 Å². The Morgan fingerprint density at radius 3 is 2.93 bits per heavy atom. The minimum absolute atomic E-state index is 0.128. The molecule has 0 aromatic carbocycles. The summed E-state index contributed by atoms with van der Waals surface area (Å²) in [6.07, 6.45) is 1.81. The van der Waals surface area contributed by atoms with E-state index in [0.717, 1.165) is 11.3 Å². The van der Waals surface area contributed by atoms with Gasteiger partial charge in [0, 0.05) is 11.8 Å². The fraction of sp³-hybridized carbons (Fsp3) is 0.583. The van der Waals surface area contributed by atoms with Gasteiger partial charge in [-0.25, -0.2) is 4.39 Å². The maximum atomic E-state index is 14.1. The van der Waals surface area contributed by atoms with E-state index in [0.29, 0.717) is 18.1 Å². The molecule has 0 amide bonds. The molecule has 0 saturated carbocycles. The molecule has 0 fully saturated rings. The first-order valence-electron chi connectivity index (χ1n) is 5.26. The Labute approximate surface area is 89.5 Å². The first-order chi connectivity index (χ1) is 7.00. The average Bonchev–Trinajstić information content (AvgIpc) is 2.17. The molecule has 1 aliphatic rings. The van der Waals surface area contributed by atoms with E-state index in [1.807, 2.05) is 12.3 Å². The van der Waals surface area contributed by atoms with Crippen molar-refractivity contribution in [2.75, 3.05) is 6.61 Å². The Bertz CT molecular complexity index is 374. The highest BCUT2D eigenvalue weighted by atomic mass is 19.1. The molecule has 1 aromatic heterocycles. The number of hydrogen-bond acceptors (Lipinski definition) is 2. The third-order valence-electron chi connectivity index (χ3n) is 2.83. The molecular weight excluding hydrogens is 193 g/mol. The Hall–Kier alpha value is -0.960. The minimum atomic E-state index is -1.40. The van der Waals surface area contributed by atoms with Crippen LogP contribution >= 0.6 is 0 Å². The van der Waals surface area contributed by atoms with Crippen LogP contribution in [0.1, 0.15) is 43.5 Å². The van der Waals surface area contributed by atoms with Crippen molar-refractivity contribution in [2.45, 2.75) is 39.0 Å². The van der Waals surface area contributed by atoms with Crippen LogP contribution in [0.4, 0.5) is 4.39 Å². The summed E-state index contributed by atoms with van der Waals surface area (Å²) in [6.45, 7) is 6.27. The van der Waals surface area contributed by atoms with Crippen LogP contribution in [0.5, 0.6) is 0 Å². The van der Waals surface area contributed by atoms with Gasteiger partial charge in [0.05, 0.1) is 18.9 Å². The molecule has 0 radical (unpaired) electrons. The first kappa shape index (κ1) is 10.6. The second-order valence-corrected chi connectivity index (χ2v) is 4.61. The number of pyridine rings is 1. The van der Waals surface area contributed by atoms with E-state index in [1.54, 1.807) is 6.92 Å². The Morgan fingerprint density at radius 2 is 2.27 bits per heavy atom. The zero-order valence-corrected chi connectivity index (χ0v) is 9.38. The second-order valence-electron chi connectivity index (χ2n) is 4.61. The molecular formula is C12H16FNO. The Kier molecular flexibility index (Phi) is 2.51. The third kappa shape index (κ3) is 1.88. The first-order valence-corrected chi connectivity index (χ1v) is 5.26. The average molecular weight is 209 g/mol. The largest absolute Gasteiger partial charge is 0.371 e. The van der Waals surface area contributed by atoms with E-state index in [-0.39, 0.29) is 6.61 Å². The van der Waals surface area contributed by atoms with Crippen molar-refractivity contribution in [3.63, 3.8) is 0 Å². The highest BCUT2D eigenvalue weighted by Gasteiger charge is 2.33. The summed E-state index contributed by atoms with van der Waals surface area (Å²) in [6, 6.07) is 1.93. The summed E-state index contributed by atoms with van der Waals surface area (Å²) in [5.74, 6) is 0.376. The number of hydrogen-bond donors (Lipinski definition) is 0. The summed E-state index contributed by atoms with van der Waals surface area (Å²) in [5, 5.41) is 0. The maximum Gasteiger partial charge on any atom is 0.158 e. The molecule has 1 aliphatic heterocycles. The molecule has 0 bridgehead atoms. The molecule has 2 nitrogen and oxygen atoms in total. The Morgan fingerprint density at radius 1 is 1.53 bits per heavy atom. The SMILES string of the molecule is CC(C)c1cnc2c(c1)C(C)(F)COC2. The molecule has 1 atom stereocenters. The van der Waals surface area contributed by atoms with Crippen molar-refractivity contribution in [3.05, 3.63) is 29.1 Å². The summed E-state index contributed by atoms with van der Waals surface area (Å²) < 4.78 is 19.3. The van der Waals surface area contributed by atoms with Crippen LogP contribution in [-0.2, 0) is 17.0 Å². The van der Waals surface area contributed by atoms with Crippen LogP contribution in [0.2, 0.25) is 0 Å². The van der Waals surface area contributed by atoms with Gasteiger partial charge in [-0.05, 0) is 24.5 Å². The maximum absolute atomic E-state index is 14.1. The van der Waals surface area contributed by atoms with Crippen molar-refractivity contribution >= 4 is 0 Å². The standard InChI is InChI=1S/C12H16FNO/c1-8(2)9-4-10-11(14-5-9)6-15-7-12(10,3)13/h4-5,8H,6-7H2,1-3H3. The lowest BCUT2D eigenvalue weighted by Crippen LogP contribution is -2.30. The second kappa shape index (κ2) is 3.56. The van der Waals surface area contributed by atoms with Gasteiger partial charge in [-0.1, -0.05) is 13.8 Å². The monoisotopic (exact) mass is 209 g/mol. The van der Waals surface area contributed by atoms with Crippen molar-refractivity contribution in [1.29, 1.82) is 0 Å². The molecule has 82 valence electrons. The molecule has 15 heavy (non-hydrogen) atoms. The van der Waals surface area contributed by atoms with Crippen LogP contribution in [0.25, 0.3) is 0 Å². The highest BCUT2D eigenvalue weighted by molar-refractivity contribution is 5.32. The van der Waals surface area contributed by atoms with E-state index < -0.39 is 5.67 Å². The van der Waals surface area contributed by atoms with Gasteiger partial charge >= 0.3 is 0 Å². The molecule has 0 N–H and O–H groups in total. The summed E-state index contributed by atoms with van der Waals surface area (Å²) in [4.78, 5) is 4.27. The molecule has 2 rings (SSSR count). The van der Waals surface area contributed by atoms with Crippen molar-refractivity contribution < 1.29 is 9.13 Å². The highest BCUT2D eigenvalue weighted by Crippen LogP contribution is 2.33. The van der Waals surface area contributed by atoms with Crippen LogP contribution in [0, 0.1) is 0 Å². The van der Waals surface area contributed by atoms with Crippen LogP contribution in [-0.4, -0.2) is 11.6 Å². The van der Waals surface area contributed by atoms with E-state index >= 15 is 0 Å². The van der Waals surface area contributed by atoms with Gasteiger partial charge in [0.2, 0.25) is 0 Å². The van der Waals surface area contributed by atoms with Gasteiger partial charge in [0.1, 0.15) is 0 Å². The summed E-state index contributed by atoms with van der Waals surface area (Å²) >= 11 is 0. The predicted molar refractivity (Wildman–Crippen MR) is 56.4 cm³/mol. The zero-order valence-electron chi connectivity index (χ0n) is 9.38. The molecule has 2 heterocycles. The summed E-state index contributed by atoms with van der Waals surface area (Å²) in [7, 11) is 0. The molecule has 0 aliphatic carbocycles. The van der Waals surface area contributed by atoms with Gasteiger partial charge in [-0.3, -0.25) is 4.98 Å². The number of nitrogens with zero attached hydrogens (tertiary/aromatic N) is 1. The smallest absolute Gasteiger partial charge is 0.158 e. The molecule has 0 spiro atoms. The van der Waals surface area contributed by atoms with Crippen molar-refractivity contribution in [1.82, 2.24) is 4.98 Å². The number of aromatic nitrogens is 1. The normalized spacial score (nSPS) is 25.4. The fourth-order valence-corrected chi connectivity index (χ4v) is 1.81. The van der Waals surface area contributed by atoms with Crippen molar-refractivity contribution in [3.8, 4) is 0 Å². The van der Waals surface area contributed by atoms with Gasteiger partial charge in [0.15, 0.2) is 5.67 Å². The van der Waals surface area contributed by atoms with E-state index in [1.165, 1.54) is 0 Å². The quantitative estimate of drug-likeness (QED) is 0.709. The van der Waals surface area contributed by atoms with E-state index in [2.05, 4.69) is 18.8 Å². The van der Waals surface area contributed by atoms with Crippen LogP contribution < -0.4 is 0 Å². The fourth-order valence-electron chi connectivity index (χ4n) is 1.81. The minimum Gasteiger partial charge on any atom is -0.371 e. The van der Waals surface area contributed by atoms with Gasteiger partial charge in [0.25, 0.3) is 0 Å². The lowest BCUT2D eigenvalue weighted by Gasteiger charge is -2.28. The number of fused-ring (bicyclic) bond motifs is 1. The topological polar surface area (TPSA) is 22.1 Å². The lowest BCUT2D eigenvalue weighted by molar-refractivity contribution is -0.00695. The van der Waals surface area contributed by atoms with Crippen LogP contribution in [0.3, 0.4) is 0 Å². The zero-order chi connectivity index (χ0) is 11.1. The number of rotatable bonds is 1. The molecule has 3 heteroatoms. The lowest BCUT2D eigenvalue weighted by atomic mass is 9.92. The molecule has 1 aromatic rings. The molecule has 1 unspecified atom stereocenters. The number of alkyl halides is 1. The number of ether oxygens (including phenoxy) is 1. The Balaban J connectivity index is 2.49. The third-order valence-corrected chi connectivity index (χ3v) is 2.83. The summed E-state index contributed by atoms with van der Waals surface area (Å²) in [5.41, 5.74) is 1.11. The van der Waals surface area contributed by atoms with E-state index in [4.69, 9.17) is 4.74 Å². The van der Waals surface area contributed by atoms with Crippen LogP contribution in [0.15, 0.2) is 12.3 Å². The number of halogens is 1. The molecule has 0 saturated heterocycles. The van der Waals surface area contributed by atoms with Crippen molar-refractivity contribution in [2.24, 2.45) is 0 Å². The predicted octanol–water partition coefficient (Wildman–Crippen LogP) is 2.92. The van der Waals surface area contributed by atoms with E-state index in [9.17, 15) is 4.39 Å². The van der Waals surface area contributed by atoms with Gasteiger partial charge in [-0.15, -0.1) is 0 Å².